The van der Waals surface area contributed by atoms with E-state index in [4.69, 9.17) is 9.57 Å². The molecule has 2 bridgehead atoms. The van der Waals surface area contributed by atoms with Crippen molar-refractivity contribution in [2.45, 2.75) is 57.6 Å². The second-order valence-corrected chi connectivity index (χ2v) is 11.0. The van der Waals surface area contributed by atoms with Gasteiger partial charge in [0.05, 0.1) is 24.9 Å². The highest BCUT2D eigenvalue weighted by Crippen LogP contribution is 2.68. The number of benzene rings is 2. The lowest BCUT2D eigenvalue weighted by atomic mass is 9.43. The standard InChI is InChI=1S/C27H34N2O2/c1-19-8-10-22(11-9-19)28-17-26(21-6-5-7-23(14-21)30-4)16-27(31-29(26)18-28)13-12-20-15-24(27)25(20,2)3/h5-11,14,20,24H,12-13,15-18H2,1-4H3/t20-,24+,26-,27+/m0/s1. The maximum atomic E-state index is 7.06. The molecule has 2 heterocycles. The van der Waals surface area contributed by atoms with E-state index in [1.807, 2.05) is 6.07 Å². The Morgan fingerprint density at radius 3 is 2.61 bits per heavy atom. The van der Waals surface area contributed by atoms with Gasteiger partial charge in [0.15, 0.2) is 0 Å². The van der Waals surface area contributed by atoms with Crippen LogP contribution in [-0.4, -0.2) is 31.0 Å². The summed E-state index contributed by atoms with van der Waals surface area (Å²) in [4.78, 5) is 9.53. The smallest absolute Gasteiger partial charge is 0.119 e. The molecule has 2 saturated heterocycles. The Balaban J connectivity index is 1.40. The van der Waals surface area contributed by atoms with E-state index in [1.165, 1.54) is 36.1 Å². The van der Waals surface area contributed by atoms with E-state index in [2.05, 4.69) is 73.2 Å². The lowest BCUT2D eigenvalue weighted by Gasteiger charge is -2.63. The van der Waals surface area contributed by atoms with Crippen LogP contribution in [0.1, 0.15) is 50.7 Å². The number of methoxy groups -OCH3 is 1. The summed E-state index contributed by atoms with van der Waals surface area (Å²) >= 11 is 0. The van der Waals surface area contributed by atoms with Crippen LogP contribution in [0.25, 0.3) is 0 Å². The fourth-order valence-corrected chi connectivity index (χ4v) is 7.23. The number of ether oxygens (including phenoxy) is 1. The molecule has 3 saturated carbocycles. The molecule has 31 heavy (non-hydrogen) atoms. The highest BCUT2D eigenvalue weighted by Gasteiger charge is 2.69. The van der Waals surface area contributed by atoms with Crippen LogP contribution in [0, 0.1) is 24.2 Å². The van der Waals surface area contributed by atoms with Gasteiger partial charge in [0.1, 0.15) is 5.75 Å². The molecule has 0 aromatic heterocycles. The minimum Gasteiger partial charge on any atom is -0.497 e. The quantitative estimate of drug-likeness (QED) is 0.656. The first-order valence-corrected chi connectivity index (χ1v) is 11.8. The molecule has 0 N–H and O–H groups in total. The van der Waals surface area contributed by atoms with Crippen molar-refractivity contribution in [3.05, 3.63) is 59.7 Å². The molecule has 5 fully saturated rings. The summed E-state index contributed by atoms with van der Waals surface area (Å²) in [5.74, 6) is 2.45. The average Bonchev–Trinajstić information content (AvgIpc) is 3.26. The number of rotatable bonds is 3. The van der Waals surface area contributed by atoms with Crippen LogP contribution in [0.4, 0.5) is 5.69 Å². The van der Waals surface area contributed by atoms with Crippen LogP contribution in [0.15, 0.2) is 48.5 Å². The summed E-state index contributed by atoms with van der Waals surface area (Å²) in [5, 5.41) is 2.33. The van der Waals surface area contributed by atoms with Crippen molar-refractivity contribution in [3.63, 3.8) is 0 Å². The number of hydrogen-bond donors (Lipinski definition) is 0. The molecule has 0 radical (unpaired) electrons. The first kappa shape index (κ1) is 19.6. The molecule has 2 aromatic rings. The summed E-state index contributed by atoms with van der Waals surface area (Å²) in [6.45, 7) is 8.83. The Bertz CT molecular complexity index is 1000. The average molecular weight is 419 g/mol. The Hall–Kier alpha value is -2.04. The molecule has 0 amide bonds. The molecule has 2 aliphatic heterocycles. The third kappa shape index (κ3) is 2.67. The summed E-state index contributed by atoms with van der Waals surface area (Å²) < 4.78 is 5.61. The van der Waals surface area contributed by atoms with Crippen molar-refractivity contribution in [1.29, 1.82) is 0 Å². The molecule has 1 spiro atoms. The molecule has 2 aromatic carbocycles. The summed E-state index contributed by atoms with van der Waals surface area (Å²) in [7, 11) is 1.76. The monoisotopic (exact) mass is 418 g/mol. The number of hydrogen-bond acceptors (Lipinski definition) is 4. The minimum atomic E-state index is -0.141. The van der Waals surface area contributed by atoms with E-state index in [0.717, 1.165) is 31.3 Å². The van der Waals surface area contributed by atoms with Crippen molar-refractivity contribution in [2.24, 2.45) is 17.3 Å². The first-order valence-electron chi connectivity index (χ1n) is 11.8. The molecule has 7 rings (SSSR count). The van der Waals surface area contributed by atoms with E-state index >= 15 is 0 Å². The zero-order valence-corrected chi connectivity index (χ0v) is 19.2. The van der Waals surface area contributed by atoms with Gasteiger partial charge in [-0.15, -0.1) is 0 Å². The second kappa shape index (κ2) is 6.49. The van der Waals surface area contributed by atoms with Crippen molar-refractivity contribution < 1.29 is 9.57 Å². The van der Waals surface area contributed by atoms with Crippen LogP contribution in [-0.2, 0) is 10.4 Å². The molecule has 4 nitrogen and oxygen atoms in total. The predicted octanol–water partition coefficient (Wildman–Crippen LogP) is 5.51. The van der Waals surface area contributed by atoms with Gasteiger partial charge in [-0.25, -0.2) is 0 Å². The normalized spacial score (nSPS) is 35.8. The highest BCUT2D eigenvalue weighted by atomic mass is 16.7. The third-order valence-electron chi connectivity index (χ3n) is 9.14. The Morgan fingerprint density at radius 1 is 1.10 bits per heavy atom. The van der Waals surface area contributed by atoms with E-state index in [0.29, 0.717) is 11.3 Å². The van der Waals surface area contributed by atoms with E-state index in [9.17, 15) is 0 Å². The molecular formula is C27H34N2O2. The number of hydroxylamine groups is 2. The van der Waals surface area contributed by atoms with Gasteiger partial charge < -0.3 is 9.64 Å². The first-order chi connectivity index (χ1) is 14.9. The zero-order valence-electron chi connectivity index (χ0n) is 19.2. The summed E-state index contributed by atoms with van der Waals surface area (Å²) in [6, 6.07) is 17.6. The third-order valence-corrected chi connectivity index (χ3v) is 9.14. The predicted molar refractivity (Wildman–Crippen MR) is 123 cm³/mol. The minimum absolute atomic E-state index is 0.0271. The molecular weight excluding hydrogens is 384 g/mol. The highest BCUT2D eigenvalue weighted by molar-refractivity contribution is 5.51. The summed E-state index contributed by atoms with van der Waals surface area (Å²) in [5.41, 5.74) is 4.11. The van der Waals surface area contributed by atoms with Crippen molar-refractivity contribution in [1.82, 2.24) is 5.06 Å². The number of aryl methyl sites for hydroxylation is 1. The van der Waals surface area contributed by atoms with E-state index in [1.54, 1.807) is 7.11 Å². The number of fused-ring (bicyclic) bond motifs is 2. The van der Waals surface area contributed by atoms with Crippen LogP contribution in [0.3, 0.4) is 0 Å². The molecule has 3 aliphatic carbocycles. The SMILES string of the molecule is COc1cccc([C@]23CN(c4ccc(C)cc4)CN2O[C@]2(CC[C@H]4C[C@@H]2C4(C)C)C3)c1. The number of nitrogens with zero attached hydrogens (tertiary/aromatic N) is 2. The van der Waals surface area contributed by atoms with Gasteiger partial charge in [-0.05, 0) is 73.3 Å². The molecule has 4 atom stereocenters. The van der Waals surface area contributed by atoms with Crippen LogP contribution in [0.5, 0.6) is 5.75 Å². The summed E-state index contributed by atoms with van der Waals surface area (Å²) in [6.07, 6.45) is 4.89. The zero-order chi connectivity index (χ0) is 21.4. The Morgan fingerprint density at radius 2 is 1.90 bits per heavy atom. The lowest BCUT2D eigenvalue weighted by molar-refractivity contribution is -0.285. The van der Waals surface area contributed by atoms with Gasteiger partial charge in [0.2, 0.25) is 0 Å². The Kier molecular flexibility index (Phi) is 4.11. The molecule has 4 heteroatoms. The molecule has 5 aliphatic rings. The largest absolute Gasteiger partial charge is 0.497 e. The van der Waals surface area contributed by atoms with E-state index in [-0.39, 0.29) is 11.1 Å². The van der Waals surface area contributed by atoms with Gasteiger partial charge in [-0.2, -0.15) is 5.06 Å². The van der Waals surface area contributed by atoms with Crippen LogP contribution >= 0.6 is 0 Å². The van der Waals surface area contributed by atoms with Crippen molar-refractivity contribution in [3.8, 4) is 5.75 Å². The molecule has 0 unspecified atom stereocenters. The maximum absolute atomic E-state index is 7.06. The van der Waals surface area contributed by atoms with Crippen molar-refractivity contribution in [2.75, 3.05) is 25.2 Å². The fourth-order valence-electron chi connectivity index (χ4n) is 7.23. The van der Waals surface area contributed by atoms with Gasteiger partial charge in [0, 0.05) is 18.7 Å². The Labute approximate surface area is 186 Å². The van der Waals surface area contributed by atoms with Crippen LogP contribution in [0.2, 0.25) is 0 Å². The van der Waals surface area contributed by atoms with E-state index < -0.39 is 0 Å². The molecule has 164 valence electrons. The maximum Gasteiger partial charge on any atom is 0.119 e. The lowest BCUT2D eigenvalue weighted by Crippen LogP contribution is -2.62. The fraction of sp³-hybridized carbons (Fsp3) is 0.556. The topological polar surface area (TPSA) is 24.9 Å². The van der Waals surface area contributed by atoms with Crippen LogP contribution < -0.4 is 9.64 Å². The van der Waals surface area contributed by atoms with Gasteiger partial charge in [0.25, 0.3) is 0 Å². The van der Waals surface area contributed by atoms with Crippen molar-refractivity contribution >= 4 is 5.69 Å². The van der Waals surface area contributed by atoms with Gasteiger partial charge in [-0.1, -0.05) is 43.7 Å². The number of anilines is 1. The van der Waals surface area contributed by atoms with Gasteiger partial charge in [-0.3, -0.25) is 4.84 Å². The second-order valence-electron chi connectivity index (χ2n) is 11.0. The van der Waals surface area contributed by atoms with Gasteiger partial charge >= 0.3 is 0 Å².